The van der Waals surface area contributed by atoms with Crippen LogP contribution in [-0.4, -0.2) is 9.97 Å². The molecule has 0 saturated carbocycles. The maximum atomic E-state index is 12.9. The van der Waals surface area contributed by atoms with Crippen LogP contribution in [0.15, 0.2) is 30.0 Å². The zero-order chi connectivity index (χ0) is 11.4. The summed E-state index contributed by atoms with van der Waals surface area (Å²) in [7, 11) is 0. The van der Waals surface area contributed by atoms with E-state index in [1.807, 2.05) is 12.3 Å². The first-order valence-electron chi connectivity index (χ1n) is 4.98. The summed E-state index contributed by atoms with van der Waals surface area (Å²) < 4.78 is 12.9. The summed E-state index contributed by atoms with van der Waals surface area (Å²) >= 11 is 1.60. The van der Waals surface area contributed by atoms with Gasteiger partial charge in [0.25, 0.3) is 0 Å². The summed E-state index contributed by atoms with van der Waals surface area (Å²) in [5, 5.41) is 6.23. The summed E-state index contributed by atoms with van der Waals surface area (Å²) in [4.78, 5) is 7.99. The predicted octanol–water partition coefficient (Wildman–Crippen LogP) is 2.53. The van der Waals surface area contributed by atoms with Crippen LogP contribution in [0.25, 0.3) is 0 Å². The molecule has 0 aliphatic carbocycles. The molecule has 2 aromatic heterocycles. The van der Waals surface area contributed by atoms with Crippen LogP contribution < -0.4 is 5.32 Å². The van der Waals surface area contributed by atoms with E-state index in [0.29, 0.717) is 6.54 Å². The highest BCUT2D eigenvalue weighted by molar-refractivity contribution is 7.09. The molecular weight excluding hydrogens is 225 g/mol. The van der Waals surface area contributed by atoms with E-state index in [9.17, 15) is 4.39 Å². The van der Waals surface area contributed by atoms with Gasteiger partial charge in [0.15, 0.2) is 0 Å². The maximum Gasteiger partial charge on any atom is 0.141 e. The van der Waals surface area contributed by atoms with E-state index in [2.05, 4.69) is 15.3 Å². The van der Waals surface area contributed by atoms with E-state index in [1.165, 1.54) is 12.3 Å². The second-order valence-corrected chi connectivity index (χ2v) is 4.44. The second-order valence-electron chi connectivity index (χ2n) is 3.46. The smallest absolute Gasteiger partial charge is 0.141 e. The van der Waals surface area contributed by atoms with Crippen molar-refractivity contribution in [1.29, 1.82) is 0 Å². The lowest BCUT2D eigenvalue weighted by Crippen LogP contribution is -2.18. The van der Waals surface area contributed by atoms with Crippen molar-refractivity contribution in [3.63, 3.8) is 0 Å². The number of pyridine rings is 1. The van der Waals surface area contributed by atoms with Gasteiger partial charge in [-0.2, -0.15) is 0 Å². The zero-order valence-electron chi connectivity index (χ0n) is 8.85. The van der Waals surface area contributed by atoms with Gasteiger partial charge in [-0.25, -0.2) is 9.37 Å². The van der Waals surface area contributed by atoms with Crippen molar-refractivity contribution in [3.05, 3.63) is 46.4 Å². The average molecular weight is 237 g/mol. The third-order valence-electron chi connectivity index (χ3n) is 2.27. The van der Waals surface area contributed by atoms with Crippen LogP contribution >= 0.6 is 11.3 Å². The molecule has 1 unspecified atom stereocenters. The van der Waals surface area contributed by atoms with Crippen LogP contribution in [0.5, 0.6) is 0 Å². The van der Waals surface area contributed by atoms with E-state index < -0.39 is 0 Å². The van der Waals surface area contributed by atoms with Gasteiger partial charge >= 0.3 is 0 Å². The quantitative estimate of drug-likeness (QED) is 0.888. The maximum absolute atomic E-state index is 12.9. The predicted molar refractivity (Wildman–Crippen MR) is 61.6 cm³/mol. The number of halogens is 1. The van der Waals surface area contributed by atoms with E-state index in [0.717, 1.165) is 10.6 Å². The topological polar surface area (TPSA) is 37.8 Å². The molecule has 0 amide bonds. The van der Waals surface area contributed by atoms with Gasteiger partial charge < -0.3 is 5.32 Å². The lowest BCUT2D eigenvalue weighted by Gasteiger charge is -2.12. The minimum atomic E-state index is -0.305. The Morgan fingerprint density at radius 2 is 2.38 bits per heavy atom. The van der Waals surface area contributed by atoms with E-state index >= 15 is 0 Å². The summed E-state index contributed by atoms with van der Waals surface area (Å²) in [6.45, 7) is 2.67. The molecule has 1 atom stereocenters. The normalized spacial score (nSPS) is 12.6. The van der Waals surface area contributed by atoms with Gasteiger partial charge in [-0.1, -0.05) is 0 Å². The van der Waals surface area contributed by atoms with Gasteiger partial charge in [0.05, 0.1) is 6.20 Å². The van der Waals surface area contributed by atoms with Crippen molar-refractivity contribution in [2.45, 2.75) is 19.5 Å². The number of thiazole rings is 1. The molecule has 0 aliphatic rings. The molecule has 0 aliphatic heterocycles. The average Bonchev–Trinajstić information content (AvgIpc) is 2.78. The van der Waals surface area contributed by atoms with Gasteiger partial charge in [-0.15, -0.1) is 11.3 Å². The number of hydrogen-bond donors (Lipinski definition) is 1. The number of nitrogens with zero attached hydrogens (tertiary/aromatic N) is 2. The molecule has 3 nitrogen and oxygen atoms in total. The molecule has 0 fully saturated rings. The number of nitrogens with one attached hydrogen (secondary N) is 1. The van der Waals surface area contributed by atoms with Crippen LogP contribution in [0.1, 0.15) is 23.5 Å². The first kappa shape index (κ1) is 11.2. The molecule has 84 valence electrons. The second kappa shape index (κ2) is 5.14. The molecule has 0 spiro atoms. The molecule has 2 heterocycles. The monoisotopic (exact) mass is 237 g/mol. The molecule has 16 heavy (non-hydrogen) atoms. The highest BCUT2D eigenvalue weighted by Crippen LogP contribution is 2.13. The SMILES string of the molecule is CC(NCc1nccs1)c1cncc(F)c1. The van der Waals surface area contributed by atoms with E-state index in [4.69, 9.17) is 0 Å². The van der Waals surface area contributed by atoms with Crippen molar-refractivity contribution in [3.8, 4) is 0 Å². The van der Waals surface area contributed by atoms with Crippen LogP contribution in [0, 0.1) is 5.82 Å². The summed E-state index contributed by atoms with van der Waals surface area (Å²) in [6.07, 6.45) is 4.65. The molecule has 0 aromatic carbocycles. The van der Waals surface area contributed by atoms with E-state index in [1.54, 1.807) is 23.7 Å². The summed E-state index contributed by atoms with van der Waals surface area (Å²) in [6, 6.07) is 1.55. The Balaban J connectivity index is 1.95. The zero-order valence-corrected chi connectivity index (χ0v) is 9.67. The summed E-state index contributed by atoms with van der Waals surface area (Å²) in [5.41, 5.74) is 0.844. The Morgan fingerprint density at radius 3 is 3.06 bits per heavy atom. The fourth-order valence-corrected chi connectivity index (χ4v) is 1.93. The highest BCUT2D eigenvalue weighted by Gasteiger charge is 2.06. The molecule has 1 N–H and O–H groups in total. The molecule has 2 aromatic rings. The molecule has 2 rings (SSSR count). The molecule has 0 saturated heterocycles. The van der Waals surface area contributed by atoms with E-state index in [-0.39, 0.29) is 11.9 Å². The van der Waals surface area contributed by atoms with Crippen molar-refractivity contribution >= 4 is 11.3 Å². The Bertz CT molecular complexity index is 444. The van der Waals surface area contributed by atoms with Crippen LogP contribution in [0.3, 0.4) is 0 Å². The van der Waals surface area contributed by atoms with Gasteiger partial charge in [-0.3, -0.25) is 4.98 Å². The lowest BCUT2D eigenvalue weighted by atomic mass is 10.1. The number of hydrogen-bond acceptors (Lipinski definition) is 4. The summed E-state index contributed by atoms with van der Waals surface area (Å²) in [5.74, 6) is -0.305. The Morgan fingerprint density at radius 1 is 1.50 bits per heavy atom. The lowest BCUT2D eigenvalue weighted by molar-refractivity contribution is 0.560. The standard InChI is InChI=1S/C11H12FN3S/c1-8(9-4-10(12)6-13-5-9)15-7-11-14-2-3-16-11/h2-6,8,15H,7H2,1H3. The fraction of sp³-hybridized carbons (Fsp3) is 0.273. The first-order valence-corrected chi connectivity index (χ1v) is 5.86. The van der Waals surface area contributed by atoms with Gasteiger partial charge in [0.1, 0.15) is 10.8 Å². The molecule has 0 radical (unpaired) electrons. The van der Waals surface area contributed by atoms with Gasteiger partial charge in [0, 0.05) is 30.4 Å². The Hall–Kier alpha value is -1.33. The van der Waals surface area contributed by atoms with Crippen LogP contribution in [-0.2, 0) is 6.54 Å². The molecule has 0 bridgehead atoms. The van der Waals surface area contributed by atoms with Crippen LogP contribution in [0.2, 0.25) is 0 Å². The third kappa shape index (κ3) is 2.84. The van der Waals surface area contributed by atoms with Crippen molar-refractivity contribution in [2.75, 3.05) is 0 Å². The van der Waals surface area contributed by atoms with Crippen molar-refractivity contribution in [1.82, 2.24) is 15.3 Å². The highest BCUT2D eigenvalue weighted by atomic mass is 32.1. The van der Waals surface area contributed by atoms with Gasteiger partial charge in [0.2, 0.25) is 0 Å². The minimum Gasteiger partial charge on any atom is -0.304 e. The first-order chi connectivity index (χ1) is 7.75. The Labute approximate surface area is 97.4 Å². The van der Waals surface area contributed by atoms with Crippen LogP contribution in [0.4, 0.5) is 4.39 Å². The van der Waals surface area contributed by atoms with Gasteiger partial charge in [-0.05, 0) is 18.6 Å². The number of rotatable bonds is 4. The minimum absolute atomic E-state index is 0.0621. The number of aromatic nitrogens is 2. The Kier molecular flexibility index (Phi) is 3.58. The van der Waals surface area contributed by atoms with Crippen molar-refractivity contribution < 1.29 is 4.39 Å². The van der Waals surface area contributed by atoms with Crippen molar-refractivity contribution in [2.24, 2.45) is 0 Å². The molecule has 5 heteroatoms. The molecular formula is C11H12FN3S. The largest absolute Gasteiger partial charge is 0.304 e. The third-order valence-corrected chi connectivity index (χ3v) is 3.05. The fourth-order valence-electron chi connectivity index (χ4n) is 1.36.